The van der Waals surface area contributed by atoms with Gasteiger partial charge >= 0.3 is 0 Å². The number of para-hydroxylation sites is 2. The van der Waals surface area contributed by atoms with Crippen molar-refractivity contribution < 1.29 is 9.72 Å². The Kier molecular flexibility index (Phi) is 4.89. The molecule has 0 radical (unpaired) electrons. The van der Waals surface area contributed by atoms with Crippen LogP contribution in [0.2, 0.25) is 0 Å². The van der Waals surface area contributed by atoms with Gasteiger partial charge in [-0.1, -0.05) is 42.5 Å². The van der Waals surface area contributed by atoms with Crippen molar-refractivity contribution in [1.82, 2.24) is 10.4 Å². The number of pyridine rings is 1. The summed E-state index contributed by atoms with van der Waals surface area (Å²) >= 11 is 0. The smallest absolute Gasteiger partial charge is 0.292 e. The summed E-state index contributed by atoms with van der Waals surface area (Å²) in [4.78, 5) is 27.3. The van der Waals surface area contributed by atoms with E-state index in [-0.39, 0.29) is 11.4 Å². The van der Waals surface area contributed by atoms with Gasteiger partial charge in [0, 0.05) is 11.6 Å². The number of nitrogens with one attached hydrogen (secondary N) is 2. The van der Waals surface area contributed by atoms with E-state index in [9.17, 15) is 14.9 Å². The molecule has 3 aromatic rings. The van der Waals surface area contributed by atoms with Crippen molar-refractivity contribution in [1.29, 1.82) is 0 Å². The van der Waals surface area contributed by atoms with Crippen LogP contribution in [0.3, 0.4) is 0 Å². The van der Waals surface area contributed by atoms with Crippen LogP contribution >= 0.6 is 0 Å². The molecule has 0 spiro atoms. The minimum Gasteiger partial charge on any atom is -0.292 e. The molecule has 130 valence electrons. The largest absolute Gasteiger partial charge is 0.294 e. The number of nitrogens with zero attached hydrogens (tertiary/aromatic N) is 2. The third-order valence-electron chi connectivity index (χ3n) is 3.81. The van der Waals surface area contributed by atoms with E-state index in [1.807, 2.05) is 30.3 Å². The summed E-state index contributed by atoms with van der Waals surface area (Å²) < 4.78 is 0. The van der Waals surface area contributed by atoms with Crippen LogP contribution in [-0.4, -0.2) is 15.8 Å². The molecular weight excluding hydrogens is 332 g/mol. The maximum Gasteiger partial charge on any atom is 0.294 e. The van der Waals surface area contributed by atoms with E-state index >= 15 is 0 Å². The molecule has 3 rings (SSSR count). The van der Waals surface area contributed by atoms with Gasteiger partial charge in [-0.2, -0.15) is 0 Å². The average molecular weight is 348 g/mol. The molecule has 2 aromatic carbocycles. The first-order valence-corrected chi connectivity index (χ1v) is 7.89. The Morgan fingerprint density at radius 1 is 1.00 bits per heavy atom. The molecule has 0 atom stereocenters. The molecule has 1 aromatic heterocycles. The number of nitro groups is 1. The Labute approximate surface area is 149 Å². The van der Waals surface area contributed by atoms with Crippen molar-refractivity contribution in [2.45, 2.75) is 6.92 Å². The van der Waals surface area contributed by atoms with Crippen molar-refractivity contribution in [3.63, 3.8) is 0 Å². The van der Waals surface area contributed by atoms with E-state index in [1.165, 1.54) is 12.1 Å². The third-order valence-corrected chi connectivity index (χ3v) is 3.81. The summed E-state index contributed by atoms with van der Waals surface area (Å²) in [6, 6.07) is 19.2. The highest BCUT2D eigenvalue weighted by atomic mass is 16.6. The van der Waals surface area contributed by atoms with Crippen LogP contribution in [0.4, 0.5) is 11.4 Å². The fraction of sp³-hybridized carbons (Fsp3) is 0.0526. The van der Waals surface area contributed by atoms with E-state index < -0.39 is 10.8 Å². The molecule has 0 bridgehead atoms. The second kappa shape index (κ2) is 7.43. The lowest BCUT2D eigenvalue weighted by atomic mass is 10.1. The van der Waals surface area contributed by atoms with Gasteiger partial charge in [-0.25, -0.2) is 0 Å². The van der Waals surface area contributed by atoms with Crippen LogP contribution in [0.1, 0.15) is 16.1 Å². The summed E-state index contributed by atoms with van der Waals surface area (Å²) in [7, 11) is 0. The highest BCUT2D eigenvalue weighted by Crippen LogP contribution is 2.22. The van der Waals surface area contributed by atoms with Gasteiger partial charge in [0.15, 0.2) is 0 Å². The Morgan fingerprint density at radius 3 is 2.38 bits per heavy atom. The van der Waals surface area contributed by atoms with Gasteiger partial charge in [0.2, 0.25) is 0 Å². The first-order valence-electron chi connectivity index (χ1n) is 7.89. The summed E-state index contributed by atoms with van der Waals surface area (Å²) in [5.74, 6) is -0.423. The Balaban J connectivity index is 1.76. The zero-order valence-electron chi connectivity index (χ0n) is 14.0. The highest BCUT2D eigenvalue weighted by Gasteiger charge is 2.15. The fourth-order valence-electron chi connectivity index (χ4n) is 2.50. The van der Waals surface area contributed by atoms with E-state index in [2.05, 4.69) is 15.8 Å². The van der Waals surface area contributed by atoms with E-state index in [0.717, 1.165) is 11.3 Å². The zero-order valence-corrected chi connectivity index (χ0v) is 14.0. The summed E-state index contributed by atoms with van der Waals surface area (Å²) in [6.45, 7) is 1.74. The number of hydrazine groups is 1. The molecule has 0 aliphatic rings. The summed E-state index contributed by atoms with van der Waals surface area (Å²) in [5.41, 5.74) is 7.83. The topological polar surface area (TPSA) is 97.2 Å². The van der Waals surface area contributed by atoms with Crippen LogP contribution in [0.5, 0.6) is 0 Å². The van der Waals surface area contributed by atoms with Gasteiger partial charge in [0.25, 0.3) is 11.6 Å². The number of anilines is 1. The van der Waals surface area contributed by atoms with Gasteiger partial charge in [-0.3, -0.25) is 30.7 Å². The highest BCUT2D eigenvalue weighted by molar-refractivity contribution is 5.96. The van der Waals surface area contributed by atoms with E-state index in [1.54, 1.807) is 31.2 Å². The van der Waals surface area contributed by atoms with Crippen molar-refractivity contribution in [3.05, 3.63) is 88.1 Å². The number of nitro benzene ring substituents is 1. The number of amides is 1. The monoisotopic (exact) mass is 348 g/mol. The lowest BCUT2D eigenvalue weighted by molar-refractivity contribution is -0.384. The molecule has 1 amide bonds. The molecule has 0 aliphatic carbocycles. The fourth-order valence-corrected chi connectivity index (χ4v) is 2.50. The predicted octanol–water partition coefficient (Wildman–Crippen LogP) is 3.72. The molecule has 0 aliphatic heterocycles. The lowest BCUT2D eigenvalue weighted by Gasteiger charge is -2.11. The molecule has 7 heteroatoms. The summed E-state index contributed by atoms with van der Waals surface area (Å²) in [5, 5.41) is 11.0. The molecule has 1 heterocycles. The number of aromatic nitrogens is 1. The predicted molar refractivity (Wildman–Crippen MR) is 98.6 cm³/mol. The minimum absolute atomic E-state index is 0.123. The van der Waals surface area contributed by atoms with Crippen molar-refractivity contribution >= 4 is 17.3 Å². The van der Waals surface area contributed by atoms with Crippen molar-refractivity contribution in [2.75, 3.05) is 5.43 Å². The zero-order chi connectivity index (χ0) is 18.5. The van der Waals surface area contributed by atoms with Gasteiger partial charge in [-0.15, -0.1) is 0 Å². The second-order valence-corrected chi connectivity index (χ2v) is 5.55. The minimum atomic E-state index is -0.518. The number of aryl methyl sites for hydroxylation is 1. The summed E-state index contributed by atoms with van der Waals surface area (Å²) in [6.07, 6.45) is 0. The first-order chi connectivity index (χ1) is 12.6. The quantitative estimate of drug-likeness (QED) is 0.541. The number of carbonyl (C=O) groups is 1. The maximum absolute atomic E-state index is 12.4. The Bertz CT molecular complexity index is 958. The number of rotatable bonds is 5. The standard InChI is InChI=1S/C19H16N4O3/c1-13-15(11-12-16(20-13)14-7-3-2-4-8-14)19(24)22-21-17-9-5-6-10-18(17)23(25)26/h2-12,21H,1H3,(H,22,24). The molecule has 0 saturated heterocycles. The number of hydrogen-bond acceptors (Lipinski definition) is 5. The Morgan fingerprint density at radius 2 is 1.69 bits per heavy atom. The third kappa shape index (κ3) is 3.67. The SMILES string of the molecule is Cc1nc(-c2ccccc2)ccc1C(=O)NNc1ccccc1[N+](=O)[O-]. The molecule has 0 saturated carbocycles. The van der Waals surface area contributed by atoms with E-state index in [0.29, 0.717) is 11.3 Å². The number of hydrogen-bond donors (Lipinski definition) is 2. The molecule has 0 unspecified atom stereocenters. The molecule has 0 fully saturated rings. The van der Waals surface area contributed by atoms with Gasteiger partial charge in [0.1, 0.15) is 5.69 Å². The average Bonchev–Trinajstić information content (AvgIpc) is 2.67. The van der Waals surface area contributed by atoms with Crippen molar-refractivity contribution in [2.24, 2.45) is 0 Å². The Hall–Kier alpha value is -3.74. The molecule has 26 heavy (non-hydrogen) atoms. The molecule has 2 N–H and O–H groups in total. The van der Waals surface area contributed by atoms with Crippen LogP contribution in [0.15, 0.2) is 66.7 Å². The first kappa shape index (κ1) is 17.1. The second-order valence-electron chi connectivity index (χ2n) is 5.55. The maximum atomic E-state index is 12.4. The molecular formula is C19H16N4O3. The lowest BCUT2D eigenvalue weighted by Crippen LogP contribution is -2.30. The van der Waals surface area contributed by atoms with Crippen LogP contribution in [0.25, 0.3) is 11.3 Å². The van der Waals surface area contributed by atoms with Gasteiger partial charge < -0.3 is 0 Å². The van der Waals surface area contributed by atoms with E-state index in [4.69, 9.17) is 0 Å². The number of carbonyl (C=O) groups excluding carboxylic acids is 1. The van der Waals surface area contributed by atoms with Gasteiger partial charge in [0.05, 0.1) is 21.9 Å². The van der Waals surface area contributed by atoms with Crippen LogP contribution < -0.4 is 10.9 Å². The van der Waals surface area contributed by atoms with Crippen LogP contribution in [0, 0.1) is 17.0 Å². The number of benzene rings is 2. The molecule has 7 nitrogen and oxygen atoms in total. The normalized spacial score (nSPS) is 10.2. The van der Waals surface area contributed by atoms with Crippen LogP contribution in [-0.2, 0) is 0 Å². The van der Waals surface area contributed by atoms with Crippen molar-refractivity contribution in [3.8, 4) is 11.3 Å². The van der Waals surface area contributed by atoms with Gasteiger partial charge in [-0.05, 0) is 25.1 Å².